The molecule has 0 aliphatic carbocycles. The molecule has 1 heterocycles. The molecule has 1 aromatic heterocycles. The van der Waals surface area contributed by atoms with Crippen LogP contribution >= 0.6 is 0 Å². The van der Waals surface area contributed by atoms with E-state index in [0.29, 0.717) is 35.5 Å². The summed E-state index contributed by atoms with van der Waals surface area (Å²) in [7, 11) is 1.57. The van der Waals surface area contributed by atoms with Crippen LogP contribution in [0.25, 0.3) is 11.1 Å². The molecule has 0 saturated carbocycles. The van der Waals surface area contributed by atoms with Gasteiger partial charge in [-0.15, -0.1) is 5.10 Å². The van der Waals surface area contributed by atoms with Crippen molar-refractivity contribution in [3.63, 3.8) is 0 Å². The predicted molar refractivity (Wildman–Crippen MR) is 101 cm³/mol. The Kier molecular flexibility index (Phi) is 7.12. The number of aliphatic hydroxyl groups is 1. The summed E-state index contributed by atoms with van der Waals surface area (Å²) in [5, 5.41) is 21.8. The van der Waals surface area contributed by atoms with Crippen molar-refractivity contribution in [3.05, 3.63) is 77.1 Å². The second-order valence-corrected chi connectivity index (χ2v) is 6.06. The number of methoxy groups -OCH3 is 1. The van der Waals surface area contributed by atoms with Crippen LogP contribution in [0.5, 0.6) is 0 Å². The van der Waals surface area contributed by atoms with Gasteiger partial charge in [-0.1, -0.05) is 24.3 Å². The number of aromatic nitrogens is 4. The minimum atomic E-state index is -0.400. The van der Waals surface area contributed by atoms with E-state index >= 15 is 0 Å². The van der Waals surface area contributed by atoms with Gasteiger partial charge in [0.1, 0.15) is 18.4 Å². The van der Waals surface area contributed by atoms with E-state index in [2.05, 4.69) is 15.5 Å². The van der Waals surface area contributed by atoms with Gasteiger partial charge in [0.15, 0.2) is 5.82 Å². The van der Waals surface area contributed by atoms with Gasteiger partial charge < -0.3 is 14.6 Å². The fourth-order valence-electron chi connectivity index (χ4n) is 2.81. The van der Waals surface area contributed by atoms with E-state index < -0.39 is 18.2 Å². The number of tetrazole rings is 1. The number of hydrogen-bond acceptors (Lipinski definition) is 6. The van der Waals surface area contributed by atoms with Crippen LogP contribution in [0.15, 0.2) is 48.5 Å². The molecule has 0 bridgehead atoms. The first-order valence-corrected chi connectivity index (χ1v) is 8.83. The molecule has 0 unspecified atom stereocenters. The SMILES string of the molecule is COCCOCn1nnnc1C(CO)=C(c1ccc(F)cc1)c1ccc(F)cc1. The minimum Gasteiger partial charge on any atom is -0.392 e. The van der Waals surface area contributed by atoms with Crippen LogP contribution in [0, 0.1) is 11.6 Å². The van der Waals surface area contributed by atoms with E-state index in [9.17, 15) is 13.9 Å². The summed E-state index contributed by atoms with van der Waals surface area (Å²) in [5.41, 5.74) is 2.19. The molecule has 152 valence electrons. The molecule has 1 N–H and O–H groups in total. The van der Waals surface area contributed by atoms with Gasteiger partial charge in [0, 0.05) is 12.7 Å². The maximum atomic E-state index is 13.4. The zero-order valence-electron chi connectivity index (χ0n) is 15.8. The van der Waals surface area contributed by atoms with Gasteiger partial charge in [-0.3, -0.25) is 0 Å². The molecule has 29 heavy (non-hydrogen) atoms. The molecule has 3 aromatic rings. The molecule has 2 aromatic carbocycles. The fourth-order valence-corrected chi connectivity index (χ4v) is 2.81. The van der Waals surface area contributed by atoms with Crippen LogP contribution in [0.3, 0.4) is 0 Å². The van der Waals surface area contributed by atoms with E-state index in [1.165, 1.54) is 28.9 Å². The highest BCUT2D eigenvalue weighted by Gasteiger charge is 2.19. The summed E-state index contributed by atoms with van der Waals surface area (Å²) in [6.07, 6.45) is 0. The van der Waals surface area contributed by atoms with Crippen LogP contribution < -0.4 is 0 Å². The zero-order chi connectivity index (χ0) is 20.6. The van der Waals surface area contributed by atoms with E-state index in [-0.39, 0.29) is 12.6 Å². The van der Waals surface area contributed by atoms with Crippen molar-refractivity contribution in [1.82, 2.24) is 20.2 Å². The summed E-state index contributed by atoms with van der Waals surface area (Å²) < 4.78 is 38.7. The van der Waals surface area contributed by atoms with Crippen LogP contribution in [-0.4, -0.2) is 52.2 Å². The monoisotopic (exact) mass is 402 g/mol. The normalized spacial score (nSPS) is 10.9. The summed E-state index contributed by atoms with van der Waals surface area (Å²) in [4.78, 5) is 0. The van der Waals surface area contributed by atoms with E-state index in [4.69, 9.17) is 9.47 Å². The van der Waals surface area contributed by atoms with Crippen molar-refractivity contribution in [2.24, 2.45) is 0 Å². The van der Waals surface area contributed by atoms with Crippen molar-refractivity contribution in [2.75, 3.05) is 26.9 Å². The van der Waals surface area contributed by atoms with Gasteiger partial charge in [0.25, 0.3) is 0 Å². The number of nitrogens with zero attached hydrogens (tertiary/aromatic N) is 4. The Morgan fingerprint density at radius 3 is 2.07 bits per heavy atom. The topological polar surface area (TPSA) is 82.3 Å². The molecule has 0 saturated heterocycles. The number of hydrogen-bond donors (Lipinski definition) is 1. The number of halogens is 2. The van der Waals surface area contributed by atoms with Crippen LogP contribution in [-0.2, 0) is 16.2 Å². The smallest absolute Gasteiger partial charge is 0.183 e. The lowest BCUT2D eigenvalue weighted by atomic mass is 9.92. The van der Waals surface area contributed by atoms with Crippen molar-refractivity contribution in [3.8, 4) is 0 Å². The Morgan fingerprint density at radius 1 is 0.966 bits per heavy atom. The second-order valence-electron chi connectivity index (χ2n) is 6.06. The molecule has 3 rings (SSSR count). The average Bonchev–Trinajstić information content (AvgIpc) is 3.19. The number of ether oxygens (including phenoxy) is 2. The van der Waals surface area contributed by atoms with E-state index in [0.717, 1.165) is 0 Å². The lowest BCUT2D eigenvalue weighted by Gasteiger charge is -2.15. The Bertz CT molecular complexity index is 909. The number of aliphatic hydroxyl groups excluding tert-OH is 1. The van der Waals surface area contributed by atoms with Gasteiger partial charge in [0.05, 0.1) is 19.8 Å². The standard InChI is InChI=1S/C20H20F2N4O3/c1-28-10-11-29-13-26-20(23-24-25-26)18(12-27)19(14-2-6-16(21)7-3-14)15-4-8-17(22)9-5-15/h2-9,27H,10-13H2,1H3. The Hall–Kier alpha value is -3.01. The maximum Gasteiger partial charge on any atom is 0.183 e. The van der Waals surface area contributed by atoms with E-state index in [1.807, 2.05) is 0 Å². The molecule has 0 fully saturated rings. The second kappa shape index (κ2) is 9.97. The molecule has 0 radical (unpaired) electrons. The molecular formula is C20H20F2N4O3. The summed E-state index contributed by atoms with van der Waals surface area (Å²) >= 11 is 0. The fraction of sp³-hybridized carbons (Fsp3) is 0.250. The molecule has 0 spiro atoms. The first-order chi connectivity index (χ1) is 14.1. The molecule has 0 atom stereocenters. The zero-order valence-corrected chi connectivity index (χ0v) is 15.8. The highest BCUT2D eigenvalue weighted by Crippen LogP contribution is 2.31. The molecule has 0 amide bonds. The van der Waals surface area contributed by atoms with Gasteiger partial charge in [0.2, 0.25) is 0 Å². The molecule has 0 aliphatic heterocycles. The summed E-state index contributed by atoms with van der Waals surface area (Å²) in [6.45, 7) is 0.408. The van der Waals surface area contributed by atoms with Crippen molar-refractivity contribution < 1.29 is 23.4 Å². The summed E-state index contributed by atoms with van der Waals surface area (Å²) in [6, 6.07) is 11.5. The molecule has 7 nitrogen and oxygen atoms in total. The van der Waals surface area contributed by atoms with Gasteiger partial charge in [-0.05, 0) is 51.4 Å². The van der Waals surface area contributed by atoms with Crippen molar-refractivity contribution in [2.45, 2.75) is 6.73 Å². The minimum absolute atomic E-state index is 0.0509. The van der Waals surface area contributed by atoms with Crippen molar-refractivity contribution >= 4 is 11.1 Å². The lowest BCUT2D eigenvalue weighted by molar-refractivity contribution is 0.0276. The average molecular weight is 402 g/mol. The largest absolute Gasteiger partial charge is 0.392 e. The lowest BCUT2D eigenvalue weighted by Crippen LogP contribution is -2.13. The van der Waals surface area contributed by atoms with Gasteiger partial charge in [-0.2, -0.15) is 4.68 Å². The first-order valence-electron chi connectivity index (χ1n) is 8.83. The predicted octanol–water partition coefficient (Wildman–Crippen LogP) is 2.52. The first kappa shape index (κ1) is 20.7. The van der Waals surface area contributed by atoms with Crippen LogP contribution in [0.4, 0.5) is 8.78 Å². The molecule has 0 aliphatic rings. The number of benzene rings is 2. The summed E-state index contributed by atoms with van der Waals surface area (Å²) in [5.74, 6) is -0.503. The highest BCUT2D eigenvalue weighted by atomic mass is 19.1. The highest BCUT2D eigenvalue weighted by molar-refractivity contribution is 5.97. The molecular weight excluding hydrogens is 382 g/mol. The Morgan fingerprint density at radius 2 is 1.55 bits per heavy atom. The number of rotatable bonds is 9. The van der Waals surface area contributed by atoms with E-state index in [1.54, 1.807) is 31.4 Å². The maximum absolute atomic E-state index is 13.4. The Balaban J connectivity index is 2.09. The van der Waals surface area contributed by atoms with Crippen LogP contribution in [0.1, 0.15) is 17.0 Å². The quantitative estimate of drug-likeness (QED) is 0.554. The van der Waals surface area contributed by atoms with Gasteiger partial charge in [-0.25, -0.2) is 8.78 Å². The third kappa shape index (κ3) is 5.08. The third-order valence-corrected chi connectivity index (χ3v) is 4.17. The van der Waals surface area contributed by atoms with Gasteiger partial charge >= 0.3 is 0 Å². The molecule has 9 heteroatoms. The Labute approximate surface area is 166 Å². The van der Waals surface area contributed by atoms with Crippen LogP contribution in [0.2, 0.25) is 0 Å². The van der Waals surface area contributed by atoms with Crippen molar-refractivity contribution in [1.29, 1.82) is 0 Å². The third-order valence-electron chi connectivity index (χ3n) is 4.17.